The largest absolute Gasteiger partial charge is 0.381 e. The van der Waals surface area contributed by atoms with Crippen molar-refractivity contribution in [2.45, 2.75) is 57.9 Å². The molecule has 2 nitrogen and oxygen atoms in total. The summed E-state index contributed by atoms with van der Waals surface area (Å²) in [7, 11) is 0. The van der Waals surface area contributed by atoms with E-state index in [2.05, 4.69) is 30.4 Å². The van der Waals surface area contributed by atoms with E-state index in [0.29, 0.717) is 6.04 Å². The highest BCUT2D eigenvalue weighted by molar-refractivity contribution is 5.36. The first-order valence-corrected chi connectivity index (χ1v) is 8.79. The van der Waals surface area contributed by atoms with E-state index < -0.39 is 0 Å². The lowest BCUT2D eigenvalue weighted by Gasteiger charge is -2.28. The van der Waals surface area contributed by atoms with E-state index >= 15 is 0 Å². The summed E-state index contributed by atoms with van der Waals surface area (Å²) < 4.78 is 5.51. The van der Waals surface area contributed by atoms with E-state index in [4.69, 9.17) is 4.74 Å². The minimum absolute atomic E-state index is 0.527. The Labute approximate surface area is 129 Å². The molecule has 0 saturated carbocycles. The molecule has 21 heavy (non-hydrogen) atoms. The number of hydrogen-bond donors (Lipinski definition) is 1. The van der Waals surface area contributed by atoms with E-state index in [0.717, 1.165) is 25.7 Å². The first-order valence-electron chi connectivity index (χ1n) is 8.79. The summed E-state index contributed by atoms with van der Waals surface area (Å²) in [6, 6.07) is 7.76. The van der Waals surface area contributed by atoms with Gasteiger partial charge in [0.15, 0.2) is 0 Å². The van der Waals surface area contributed by atoms with Crippen molar-refractivity contribution in [3.8, 4) is 0 Å². The van der Waals surface area contributed by atoms with Crippen molar-refractivity contribution in [3.63, 3.8) is 0 Å². The zero-order valence-corrected chi connectivity index (χ0v) is 13.4. The van der Waals surface area contributed by atoms with Gasteiger partial charge >= 0.3 is 0 Å². The SMILES string of the molecule is CCCNC(CC1CCOCC1)c1ccc2c(c1)CCC2. The topological polar surface area (TPSA) is 21.3 Å². The third-order valence-electron chi connectivity index (χ3n) is 5.08. The van der Waals surface area contributed by atoms with E-state index in [9.17, 15) is 0 Å². The Morgan fingerprint density at radius 1 is 1.19 bits per heavy atom. The Morgan fingerprint density at radius 3 is 2.81 bits per heavy atom. The molecule has 0 aromatic heterocycles. The summed E-state index contributed by atoms with van der Waals surface area (Å²) in [6.07, 6.45) is 8.83. The average Bonchev–Trinajstić information content (AvgIpc) is 3.00. The molecule has 0 bridgehead atoms. The molecule has 3 rings (SSSR count). The van der Waals surface area contributed by atoms with Crippen molar-refractivity contribution in [1.82, 2.24) is 5.32 Å². The molecule has 1 atom stereocenters. The predicted molar refractivity (Wildman–Crippen MR) is 87.7 cm³/mol. The van der Waals surface area contributed by atoms with Crippen LogP contribution < -0.4 is 5.32 Å². The summed E-state index contributed by atoms with van der Waals surface area (Å²) in [5, 5.41) is 3.78. The monoisotopic (exact) mass is 287 g/mol. The fourth-order valence-corrected chi connectivity index (χ4v) is 3.78. The molecule has 0 radical (unpaired) electrons. The number of nitrogens with one attached hydrogen (secondary N) is 1. The van der Waals surface area contributed by atoms with E-state index in [1.807, 2.05) is 0 Å². The smallest absolute Gasteiger partial charge is 0.0468 e. The van der Waals surface area contributed by atoms with Crippen LogP contribution in [0.3, 0.4) is 0 Å². The van der Waals surface area contributed by atoms with Crippen LogP contribution in [0.2, 0.25) is 0 Å². The number of aryl methyl sites for hydroxylation is 2. The predicted octanol–water partition coefficient (Wildman–Crippen LogP) is 4.03. The fraction of sp³-hybridized carbons (Fsp3) is 0.684. The summed E-state index contributed by atoms with van der Waals surface area (Å²) in [4.78, 5) is 0. The Morgan fingerprint density at radius 2 is 2.00 bits per heavy atom. The maximum absolute atomic E-state index is 5.51. The van der Waals surface area contributed by atoms with E-state index in [-0.39, 0.29) is 0 Å². The summed E-state index contributed by atoms with van der Waals surface area (Å²) in [5.41, 5.74) is 4.69. The molecule has 1 unspecified atom stereocenters. The molecule has 1 aliphatic heterocycles. The molecule has 0 spiro atoms. The number of rotatable bonds is 6. The van der Waals surface area contributed by atoms with E-state index in [1.54, 1.807) is 11.1 Å². The minimum Gasteiger partial charge on any atom is -0.381 e. The number of hydrogen-bond acceptors (Lipinski definition) is 2. The third-order valence-corrected chi connectivity index (χ3v) is 5.08. The van der Waals surface area contributed by atoms with Crippen molar-refractivity contribution in [1.29, 1.82) is 0 Å². The number of ether oxygens (including phenoxy) is 1. The lowest BCUT2D eigenvalue weighted by molar-refractivity contribution is 0.0605. The van der Waals surface area contributed by atoms with Crippen LogP contribution in [0.1, 0.15) is 61.8 Å². The molecule has 0 amide bonds. The van der Waals surface area contributed by atoms with Crippen LogP contribution in [0.25, 0.3) is 0 Å². The normalized spacial score (nSPS) is 20.4. The maximum Gasteiger partial charge on any atom is 0.0468 e. The Balaban J connectivity index is 1.71. The van der Waals surface area contributed by atoms with Crippen LogP contribution >= 0.6 is 0 Å². The van der Waals surface area contributed by atoms with Crippen molar-refractivity contribution >= 4 is 0 Å². The zero-order valence-electron chi connectivity index (χ0n) is 13.4. The Kier molecular flexibility index (Phi) is 5.32. The van der Waals surface area contributed by atoms with Gasteiger partial charge in [-0.3, -0.25) is 0 Å². The molecule has 2 aliphatic rings. The molecule has 1 fully saturated rings. The van der Waals surface area contributed by atoms with Crippen LogP contribution in [0.15, 0.2) is 18.2 Å². The van der Waals surface area contributed by atoms with Gasteiger partial charge in [-0.05, 0) is 74.1 Å². The fourth-order valence-electron chi connectivity index (χ4n) is 3.78. The van der Waals surface area contributed by atoms with Gasteiger partial charge in [0, 0.05) is 19.3 Å². The highest BCUT2D eigenvalue weighted by atomic mass is 16.5. The van der Waals surface area contributed by atoms with E-state index in [1.165, 1.54) is 50.5 Å². The second-order valence-electron chi connectivity index (χ2n) is 6.68. The van der Waals surface area contributed by atoms with Gasteiger partial charge in [-0.25, -0.2) is 0 Å². The highest BCUT2D eigenvalue weighted by Crippen LogP contribution is 2.31. The standard InChI is InChI=1S/C19H29NO/c1-2-10-20-19(13-15-8-11-21-12-9-15)18-7-6-16-4-3-5-17(16)14-18/h6-7,14-15,19-20H,2-5,8-13H2,1H3. The van der Waals surface area contributed by atoms with Gasteiger partial charge in [-0.2, -0.15) is 0 Å². The molecule has 2 heteroatoms. The molecule has 1 heterocycles. The molecule has 116 valence electrons. The van der Waals surface area contributed by atoms with Gasteiger partial charge in [-0.1, -0.05) is 25.1 Å². The van der Waals surface area contributed by atoms with Gasteiger partial charge in [0.2, 0.25) is 0 Å². The van der Waals surface area contributed by atoms with Crippen LogP contribution in [0, 0.1) is 5.92 Å². The van der Waals surface area contributed by atoms with Crippen molar-refractivity contribution in [2.75, 3.05) is 19.8 Å². The van der Waals surface area contributed by atoms with Gasteiger partial charge in [0.25, 0.3) is 0 Å². The first-order chi connectivity index (χ1) is 10.4. The van der Waals surface area contributed by atoms with Crippen LogP contribution in [-0.4, -0.2) is 19.8 Å². The van der Waals surface area contributed by atoms with Gasteiger partial charge < -0.3 is 10.1 Å². The Bertz CT molecular complexity index is 451. The molecule has 1 aromatic rings. The third kappa shape index (κ3) is 3.87. The molecule has 1 aliphatic carbocycles. The van der Waals surface area contributed by atoms with Crippen LogP contribution in [-0.2, 0) is 17.6 Å². The number of benzene rings is 1. The molecule has 1 N–H and O–H groups in total. The van der Waals surface area contributed by atoms with Gasteiger partial charge in [0.1, 0.15) is 0 Å². The van der Waals surface area contributed by atoms with Gasteiger partial charge in [-0.15, -0.1) is 0 Å². The zero-order chi connectivity index (χ0) is 14.5. The summed E-state index contributed by atoms with van der Waals surface area (Å²) in [5.74, 6) is 0.821. The van der Waals surface area contributed by atoms with Crippen LogP contribution in [0.4, 0.5) is 0 Å². The second-order valence-corrected chi connectivity index (χ2v) is 6.68. The quantitative estimate of drug-likeness (QED) is 0.853. The minimum atomic E-state index is 0.527. The first kappa shape index (κ1) is 15.1. The molecule has 1 aromatic carbocycles. The molecular weight excluding hydrogens is 258 g/mol. The van der Waals surface area contributed by atoms with Gasteiger partial charge in [0.05, 0.1) is 0 Å². The van der Waals surface area contributed by atoms with Crippen molar-refractivity contribution in [2.24, 2.45) is 5.92 Å². The second kappa shape index (κ2) is 7.42. The maximum atomic E-state index is 5.51. The molecular formula is C19H29NO. The van der Waals surface area contributed by atoms with Crippen LogP contribution in [0.5, 0.6) is 0 Å². The average molecular weight is 287 g/mol. The lowest BCUT2D eigenvalue weighted by atomic mass is 9.88. The lowest BCUT2D eigenvalue weighted by Crippen LogP contribution is -2.27. The Hall–Kier alpha value is -0.860. The number of fused-ring (bicyclic) bond motifs is 1. The summed E-state index contributed by atoms with van der Waals surface area (Å²) in [6.45, 7) is 5.27. The van der Waals surface area contributed by atoms with Crippen molar-refractivity contribution in [3.05, 3.63) is 34.9 Å². The highest BCUT2D eigenvalue weighted by Gasteiger charge is 2.21. The molecule has 1 saturated heterocycles. The van der Waals surface area contributed by atoms with Crippen molar-refractivity contribution < 1.29 is 4.74 Å². The summed E-state index contributed by atoms with van der Waals surface area (Å²) >= 11 is 0.